The van der Waals surface area contributed by atoms with Gasteiger partial charge in [-0.05, 0) is 37.5 Å². The molecule has 1 aromatic heterocycles. The summed E-state index contributed by atoms with van der Waals surface area (Å²) in [4.78, 5) is 14.9. The molecule has 17 heavy (non-hydrogen) atoms. The Morgan fingerprint density at radius 2 is 2.35 bits per heavy atom. The number of urea groups is 1. The van der Waals surface area contributed by atoms with Gasteiger partial charge in [-0.2, -0.15) is 5.10 Å². The third-order valence-corrected chi connectivity index (χ3v) is 2.28. The molecule has 2 amide bonds. The summed E-state index contributed by atoms with van der Waals surface area (Å²) in [5.41, 5.74) is 9.91. The third kappa shape index (κ3) is 4.63. The number of hydrogen-bond acceptors (Lipinski definition) is 3. The number of nitrogens with one attached hydrogen (secondary N) is 1. The van der Waals surface area contributed by atoms with Crippen LogP contribution in [0.5, 0.6) is 0 Å². The number of amides is 2. The van der Waals surface area contributed by atoms with Crippen molar-refractivity contribution in [3.05, 3.63) is 29.6 Å². The van der Waals surface area contributed by atoms with Crippen LogP contribution in [0.1, 0.15) is 37.4 Å². The Balaban J connectivity index is 2.88. The zero-order valence-electron chi connectivity index (χ0n) is 10.2. The molecule has 0 aromatic carbocycles. The SMILES string of the molecule is CCCC/C(=N/NC(N)=O)c1cc(C)ccn1. The van der Waals surface area contributed by atoms with E-state index in [0.29, 0.717) is 0 Å². The Hall–Kier alpha value is -1.91. The molecule has 1 aromatic rings. The number of nitrogens with two attached hydrogens (primary N) is 1. The molecular weight excluding hydrogens is 216 g/mol. The van der Waals surface area contributed by atoms with Gasteiger partial charge in [0.25, 0.3) is 0 Å². The maximum atomic E-state index is 10.7. The highest BCUT2D eigenvalue weighted by Gasteiger charge is 2.05. The predicted molar refractivity (Wildman–Crippen MR) is 67.8 cm³/mol. The third-order valence-electron chi connectivity index (χ3n) is 2.28. The van der Waals surface area contributed by atoms with Crippen LogP contribution < -0.4 is 11.2 Å². The number of unbranched alkanes of at least 4 members (excludes halogenated alkanes) is 1. The first-order valence-electron chi connectivity index (χ1n) is 5.68. The molecule has 5 nitrogen and oxygen atoms in total. The van der Waals surface area contributed by atoms with E-state index in [1.165, 1.54) is 0 Å². The van der Waals surface area contributed by atoms with Crippen molar-refractivity contribution >= 4 is 11.7 Å². The Labute approximate surface area is 101 Å². The van der Waals surface area contributed by atoms with Crippen molar-refractivity contribution in [1.82, 2.24) is 10.4 Å². The van der Waals surface area contributed by atoms with Gasteiger partial charge in [0, 0.05) is 6.20 Å². The number of aryl methyl sites for hydroxylation is 1. The standard InChI is InChI=1S/C12H18N4O/c1-3-4-5-10(15-16-12(13)17)11-8-9(2)6-7-14-11/h6-8H,3-5H2,1-2H3,(H3,13,16,17)/b15-10-. The first-order chi connectivity index (χ1) is 8.13. The van der Waals surface area contributed by atoms with Crippen molar-refractivity contribution in [2.45, 2.75) is 33.1 Å². The van der Waals surface area contributed by atoms with E-state index >= 15 is 0 Å². The maximum Gasteiger partial charge on any atom is 0.332 e. The van der Waals surface area contributed by atoms with Gasteiger partial charge >= 0.3 is 6.03 Å². The lowest BCUT2D eigenvalue weighted by Gasteiger charge is -2.06. The molecule has 0 aliphatic carbocycles. The second-order valence-corrected chi connectivity index (χ2v) is 3.86. The van der Waals surface area contributed by atoms with Gasteiger partial charge in [-0.25, -0.2) is 10.2 Å². The Morgan fingerprint density at radius 1 is 1.59 bits per heavy atom. The molecule has 0 aliphatic rings. The van der Waals surface area contributed by atoms with Crippen molar-refractivity contribution in [3.8, 4) is 0 Å². The topological polar surface area (TPSA) is 80.4 Å². The van der Waals surface area contributed by atoms with Crippen LogP contribution >= 0.6 is 0 Å². The molecule has 92 valence electrons. The smallest absolute Gasteiger partial charge is 0.332 e. The lowest BCUT2D eigenvalue weighted by atomic mass is 10.1. The Kier molecular flexibility index (Phi) is 5.13. The monoisotopic (exact) mass is 234 g/mol. The number of hydrogen-bond donors (Lipinski definition) is 2. The van der Waals surface area contributed by atoms with Gasteiger partial charge < -0.3 is 5.73 Å². The molecule has 1 rings (SSSR count). The fourth-order valence-electron chi connectivity index (χ4n) is 1.40. The second-order valence-electron chi connectivity index (χ2n) is 3.86. The van der Waals surface area contributed by atoms with Crippen molar-refractivity contribution < 1.29 is 4.79 Å². The van der Waals surface area contributed by atoms with E-state index in [1.54, 1.807) is 6.20 Å². The molecule has 0 radical (unpaired) electrons. The van der Waals surface area contributed by atoms with Crippen molar-refractivity contribution in [1.29, 1.82) is 0 Å². The number of pyridine rings is 1. The summed E-state index contributed by atoms with van der Waals surface area (Å²) >= 11 is 0. The number of nitrogens with zero attached hydrogens (tertiary/aromatic N) is 2. The number of rotatable bonds is 5. The Bertz CT molecular complexity index is 415. The molecule has 0 spiro atoms. The van der Waals surface area contributed by atoms with Gasteiger partial charge in [-0.1, -0.05) is 13.3 Å². The molecule has 1 heterocycles. The van der Waals surface area contributed by atoms with Gasteiger partial charge in [-0.15, -0.1) is 0 Å². The maximum absolute atomic E-state index is 10.7. The second kappa shape index (κ2) is 6.62. The number of carbonyl (C=O) groups is 1. The van der Waals surface area contributed by atoms with Crippen LogP contribution in [0.3, 0.4) is 0 Å². The summed E-state index contributed by atoms with van der Waals surface area (Å²) in [5.74, 6) is 0. The van der Waals surface area contributed by atoms with Gasteiger partial charge in [0.15, 0.2) is 0 Å². The molecule has 3 N–H and O–H groups in total. The van der Waals surface area contributed by atoms with Crippen LogP contribution in [0.4, 0.5) is 4.79 Å². The predicted octanol–water partition coefficient (Wildman–Crippen LogP) is 1.95. The zero-order chi connectivity index (χ0) is 12.7. The summed E-state index contributed by atoms with van der Waals surface area (Å²) < 4.78 is 0. The van der Waals surface area contributed by atoms with Gasteiger partial charge in [-0.3, -0.25) is 4.98 Å². The summed E-state index contributed by atoms with van der Waals surface area (Å²) in [6, 6.07) is 3.20. The molecule has 0 unspecified atom stereocenters. The van der Waals surface area contributed by atoms with Crippen LogP contribution in [0.15, 0.2) is 23.4 Å². The number of carbonyl (C=O) groups excluding carboxylic acids is 1. The largest absolute Gasteiger partial charge is 0.350 e. The minimum absolute atomic E-state index is 0.661. The van der Waals surface area contributed by atoms with Crippen LogP contribution in [0.25, 0.3) is 0 Å². The van der Waals surface area contributed by atoms with Crippen LogP contribution in [0.2, 0.25) is 0 Å². The van der Waals surface area contributed by atoms with Crippen LogP contribution in [0, 0.1) is 6.92 Å². The van der Waals surface area contributed by atoms with E-state index < -0.39 is 6.03 Å². The number of hydrazone groups is 1. The van der Waals surface area contributed by atoms with E-state index in [0.717, 1.165) is 36.2 Å². The average Bonchev–Trinajstić information content (AvgIpc) is 2.29. The van der Waals surface area contributed by atoms with Gasteiger partial charge in [0.2, 0.25) is 0 Å². The molecule has 0 fully saturated rings. The highest BCUT2D eigenvalue weighted by molar-refractivity contribution is 5.99. The first kappa shape index (κ1) is 13.2. The first-order valence-corrected chi connectivity index (χ1v) is 5.68. The van der Waals surface area contributed by atoms with Crippen LogP contribution in [-0.4, -0.2) is 16.7 Å². The summed E-state index contributed by atoms with van der Waals surface area (Å²) in [5, 5.41) is 4.00. The zero-order valence-corrected chi connectivity index (χ0v) is 10.2. The highest BCUT2D eigenvalue weighted by atomic mass is 16.2. The normalized spacial score (nSPS) is 11.3. The van der Waals surface area contributed by atoms with Gasteiger partial charge in [0.1, 0.15) is 0 Å². The lowest BCUT2D eigenvalue weighted by molar-refractivity contribution is 0.249. The average molecular weight is 234 g/mol. The quantitative estimate of drug-likeness (QED) is 0.603. The molecular formula is C12H18N4O. The minimum atomic E-state index is -0.661. The van der Waals surface area contributed by atoms with Gasteiger partial charge in [0.05, 0.1) is 11.4 Å². The van der Waals surface area contributed by atoms with Crippen molar-refractivity contribution in [2.24, 2.45) is 10.8 Å². The molecule has 0 saturated heterocycles. The molecule has 0 bridgehead atoms. The number of primary amides is 1. The van der Waals surface area contributed by atoms with E-state index in [4.69, 9.17) is 5.73 Å². The van der Waals surface area contributed by atoms with Crippen LogP contribution in [-0.2, 0) is 0 Å². The molecule has 0 saturated carbocycles. The van der Waals surface area contributed by atoms with E-state index in [1.807, 2.05) is 19.1 Å². The fraction of sp³-hybridized carbons (Fsp3) is 0.417. The van der Waals surface area contributed by atoms with Crippen molar-refractivity contribution in [2.75, 3.05) is 0 Å². The van der Waals surface area contributed by atoms with E-state index in [9.17, 15) is 4.79 Å². The minimum Gasteiger partial charge on any atom is -0.350 e. The summed E-state index contributed by atoms with van der Waals surface area (Å²) in [6.07, 6.45) is 4.56. The van der Waals surface area contributed by atoms with E-state index in [2.05, 4.69) is 22.4 Å². The number of aromatic nitrogens is 1. The summed E-state index contributed by atoms with van der Waals surface area (Å²) in [6.45, 7) is 4.09. The fourth-order valence-corrected chi connectivity index (χ4v) is 1.40. The molecule has 0 atom stereocenters. The van der Waals surface area contributed by atoms with Crippen molar-refractivity contribution in [3.63, 3.8) is 0 Å². The Morgan fingerprint density at radius 3 is 2.94 bits per heavy atom. The highest BCUT2D eigenvalue weighted by Crippen LogP contribution is 2.07. The molecule has 0 aliphatic heterocycles. The summed E-state index contributed by atoms with van der Waals surface area (Å²) in [7, 11) is 0. The van der Waals surface area contributed by atoms with E-state index in [-0.39, 0.29) is 0 Å². The molecule has 5 heteroatoms. The lowest BCUT2D eigenvalue weighted by Crippen LogP contribution is -2.26.